The maximum atomic E-state index is 5.41. The molecule has 0 aliphatic heterocycles. The fourth-order valence-corrected chi connectivity index (χ4v) is 4.73. The molecule has 1 heterocycles. The second-order valence-electron chi connectivity index (χ2n) is 6.81. The first-order valence-electron chi connectivity index (χ1n) is 9.22. The van der Waals surface area contributed by atoms with Gasteiger partial charge in [0, 0.05) is 17.3 Å². The first kappa shape index (κ1) is 17.5. The van der Waals surface area contributed by atoms with Crippen molar-refractivity contribution in [3.8, 4) is 5.75 Å². The zero-order chi connectivity index (χ0) is 16.8. The summed E-state index contributed by atoms with van der Waals surface area (Å²) in [4.78, 5) is 1.53. The molecule has 1 aliphatic rings. The molecule has 130 valence electrons. The summed E-state index contributed by atoms with van der Waals surface area (Å²) in [6.07, 6.45) is 6.25. The van der Waals surface area contributed by atoms with Gasteiger partial charge < -0.3 is 10.1 Å². The molecular weight excluding hydrogens is 314 g/mol. The van der Waals surface area contributed by atoms with Crippen LogP contribution in [-0.2, 0) is 6.42 Å². The molecular formula is C21H29NOS. The number of hydrogen-bond donors (Lipinski definition) is 1. The highest BCUT2D eigenvalue weighted by Crippen LogP contribution is 2.40. The van der Waals surface area contributed by atoms with Crippen LogP contribution in [0.2, 0.25) is 0 Å². The molecule has 0 spiro atoms. The SMILES string of the molecule is CCCNCC(CC1CCCc2cc(OC)ccc21)c1cccs1. The zero-order valence-electron chi connectivity index (χ0n) is 14.9. The summed E-state index contributed by atoms with van der Waals surface area (Å²) in [5.74, 6) is 2.29. The van der Waals surface area contributed by atoms with E-state index in [1.165, 1.54) is 42.5 Å². The Morgan fingerprint density at radius 3 is 3.00 bits per heavy atom. The molecule has 0 amide bonds. The number of rotatable bonds is 8. The van der Waals surface area contributed by atoms with Crippen LogP contribution in [0.1, 0.15) is 60.4 Å². The lowest BCUT2D eigenvalue weighted by Gasteiger charge is -2.29. The molecule has 1 N–H and O–H groups in total. The molecule has 1 aromatic heterocycles. The minimum Gasteiger partial charge on any atom is -0.497 e. The van der Waals surface area contributed by atoms with Gasteiger partial charge in [-0.3, -0.25) is 0 Å². The third-order valence-corrected chi connectivity index (χ3v) is 6.16. The largest absolute Gasteiger partial charge is 0.497 e. The van der Waals surface area contributed by atoms with Crippen LogP contribution in [-0.4, -0.2) is 20.2 Å². The number of hydrogen-bond acceptors (Lipinski definition) is 3. The number of aryl methyl sites for hydroxylation is 1. The number of ether oxygens (including phenoxy) is 1. The lowest BCUT2D eigenvalue weighted by atomic mass is 9.78. The van der Waals surface area contributed by atoms with Crippen molar-refractivity contribution in [2.45, 2.75) is 50.9 Å². The maximum Gasteiger partial charge on any atom is 0.119 e. The van der Waals surface area contributed by atoms with Crippen LogP contribution in [0.3, 0.4) is 0 Å². The maximum absolute atomic E-state index is 5.41. The Bertz CT molecular complexity index is 623. The number of nitrogens with one attached hydrogen (secondary N) is 1. The van der Waals surface area contributed by atoms with Crippen LogP contribution >= 0.6 is 11.3 Å². The van der Waals surface area contributed by atoms with Crippen molar-refractivity contribution < 1.29 is 4.74 Å². The standard InChI is InChI=1S/C21H29NOS/c1-3-11-22-15-18(21-8-5-12-24-21)13-16-6-4-7-17-14-19(23-2)9-10-20(16)17/h5,8-10,12,14,16,18,22H,3-4,6-7,11,13,15H2,1-2H3. The van der Waals surface area contributed by atoms with Crippen LogP contribution in [0.25, 0.3) is 0 Å². The number of fused-ring (bicyclic) bond motifs is 1. The molecule has 24 heavy (non-hydrogen) atoms. The normalized spacial score (nSPS) is 18.2. The van der Waals surface area contributed by atoms with Crippen LogP contribution in [0.15, 0.2) is 35.7 Å². The van der Waals surface area contributed by atoms with Gasteiger partial charge in [-0.2, -0.15) is 0 Å². The van der Waals surface area contributed by atoms with E-state index in [1.54, 1.807) is 12.7 Å². The Labute approximate surface area is 150 Å². The van der Waals surface area contributed by atoms with Gasteiger partial charge in [-0.1, -0.05) is 19.1 Å². The van der Waals surface area contributed by atoms with Gasteiger partial charge in [0.1, 0.15) is 5.75 Å². The summed E-state index contributed by atoms with van der Waals surface area (Å²) in [5, 5.41) is 5.85. The first-order valence-corrected chi connectivity index (χ1v) is 10.1. The predicted octanol–water partition coefficient (Wildman–Crippen LogP) is 5.35. The summed E-state index contributed by atoms with van der Waals surface area (Å²) in [7, 11) is 1.76. The third kappa shape index (κ3) is 4.20. The van der Waals surface area contributed by atoms with Gasteiger partial charge in [0.05, 0.1) is 7.11 Å². The van der Waals surface area contributed by atoms with Crippen LogP contribution < -0.4 is 10.1 Å². The Kier molecular flexibility index (Phi) is 6.33. The van der Waals surface area contributed by atoms with E-state index in [2.05, 4.69) is 48.0 Å². The number of benzene rings is 1. The smallest absolute Gasteiger partial charge is 0.119 e. The Balaban J connectivity index is 1.75. The van der Waals surface area contributed by atoms with Gasteiger partial charge in [0.15, 0.2) is 0 Å². The summed E-state index contributed by atoms with van der Waals surface area (Å²) >= 11 is 1.91. The molecule has 3 heteroatoms. The van der Waals surface area contributed by atoms with Crippen molar-refractivity contribution in [3.63, 3.8) is 0 Å². The van der Waals surface area contributed by atoms with Crippen molar-refractivity contribution in [2.75, 3.05) is 20.2 Å². The van der Waals surface area contributed by atoms with Crippen molar-refractivity contribution in [2.24, 2.45) is 0 Å². The van der Waals surface area contributed by atoms with E-state index in [9.17, 15) is 0 Å². The van der Waals surface area contributed by atoms with E-state index in [-0.39, 0.29) is 0 Å². The Hall–Kier alpha value is -1.32. The van der Waals surface area contributed by atoms with Gasteiger partial charge in [-0.05, 0) is 79.3 Å². The molecule has 0 saturated heterocycles. The first-order chi connectivity index (χ1) is 11.8. The molecule has 0 bridgehead atoms. The molecule has 0 fully saturated rings. The van der Waals surface area contributed by atoms with E-state index in [4.69, 9.17) is 4.74 Å². The van der Waals surface area contributed by atoms with E-state index in [0.717, 1.165) is 18.8 Å². The lowest BCUT2D eigenvalue weighted by Crippen LogP contribution is -2.24. The fraction of sp³-hybridized carbons (Fsp3) is 0.524. The molecule has 3 rings (SSSR count). The van der Waals surface area contributed by atoms with Gasteiger partial charge in [-0.25, -0.2) is 0 Å². The monoisotopic (exact) mass is 343 g/mol. The Morgan fingerprint density at radius 1 is 1.33 bits per heavy atom. The fourth-order valence-electron chi connectivity index (χ4n) is 3.88. The molecule has 2 atom stereocenters. The minimum atomic E-state index is 0.620. The molecule has 2 unspecified atom stereocenters. The highest BCUT2D eigenvalue weighted by molar-refractivity contribution is 7.10. The van der Waals surface area contributed by atoms with Gasteiger partial charge in [-0.15, -0.1) is 11.3 Å². The van der Waals surface area contributed by atoms with Gasteiger partial charge in [0.25, 0.3) is 0 Å². The van der Waals surface area contributed by atoms with Crippen molar-refractivity contribution in [3.05, 3.63) is 51.7 Å². The van der Waals surface area contributed by atoms with Gasteiger partial charge in [0.2, 0.25) is 0 Å². The van der Waals surface area contributed by atoms with Crippen molar-refractivity contribution >= 4 is 11.3 Å². The van der Waals surface area contributed by atoms with E-state index in [1.807, 2.05) is 11.3 Å². The molecule has 0 saturated carbocycles. The highest BCUT2D eigenvalue weighted by Gasteiger charge is 2.25. The molecule has 1 aliphatic carbocycles. The second-order valence-corrected chi connectivity index (χ2v) is 7.79. The highest BCUT2D eigenvalue weighted by atomic mass is 32.1. The molecule has 0 radical (unpaired) electrons. The quantitative estimate of drug-likeness (QED) is 0.652. The van der Waals surface area contributed by atoms with Crippen molar-refractivity contribution in [1.29, 1.82) is 0 Å². The van der Waals surface area contributed by atoms with E-state index < -0.39 is 0 Å². The molecule has 1 aromatic carbocycles. The second kappa shape index (κ2) is 8.68. The average molecular weight is 344 g/mol. The van der Waals surface area contributed by atoms with E-state index in [0.29, 0.717) is 11.8 Å². The Morgan fingerprint density at radius 2 is 2.25 bits per heavy atom. The number of methoxy groups -OCH3 is 1. The predicted molar refractivity (Wildman–Crippen MR) is 104 cm³/mol. The minimum absolute atomic E-state index is 0.620. The molecule has 2 nitrogen and oxygen atoms in total. The van der Waals surface area contributed by atoms with Crippen molar-refractivity contribution in [1.82, 2.24) is 5.32 Å². The van der Waals surface area contributed by atoms with Crippen LogP contribution in [0.5, 0.6) is 5.75 Å². The lowest BCUT2D eigenvalue weighted by molar-refractivity contribution is 0.411. The molecule has 2 aromatic rings. The summed E-state index contributed by atoms with van der Waals surface area (Å²) in [6.45, 7) is 4.44. The van der Waals surface area contributed by atoms with Crippen LogP contribution in [0.4, 0.5) is 0 Å². The summed E-state index contributed by atoms with van der Waals surface area (Å²) in [6, 6.07) is 11.2. The summed E-state index contributed by atoms with van der Waals surface area (Å²) in [5.41, 5.74) is 3.05. The number of thiophene rings is 1. The summed E-state index contributed by atoms with van der Waals surface area (Å²) < 4.78 is 5.41. The zero-order valence-corrected chi connectivity index (χ0v) is 15.7. The van der Waals surface area contributed by atoms with Gasteiger partial charge >= 0.3 is 0 Å². The van der Waals surface area contributed by atoms with E-state index >= 15 is 0 Å². The van der Waals surface area contributed by atoms with Crippen LogP contribution in [0, 0.1) is 0 Å². The average Bonchev–Trinajstić information content (AvgIpc) is 3.15. The topological polar surface area (TPSA) is 21.3 Å². The third-order valence-electron chi connectivity index (χ3n) is 5.12.